The summed E-state index contributed by atoms with van der Waals surface area (Å²) in [7, 11) is 0. The van der Waals surface area contributed by atoms with Gasteiger partial charge in [0.15, 0.2) is 0 Å². The van der Waals surface area contributed by atoms with Crippen molar-refractivity contribution in [1.82, 2.24) is 10.3 Å². The van der Waals surface area contributed by atoms with Gasteiger partial charge in [0, 0.05) is 17.1 Å². The maximum atomic E-state index is 12.5. The van der Waals surface area contributed by atoms with Crippen molar-refractivity contribution in [3.63, 3.8) is 0 Å². The van der Waals surface area contributed by atoms with E-state index in [2.05, 4.69) is 10.3 Å². The largest absolute Gasteiger partial charge is 0.383 e. The third-order valence-electron chi connectivity index (χ3n) is 3.50. The highest BCUT2D eigenvalue weighted by Crippen LogP contribution is 2.30. The monoisotopic (exact) mass is 324 g/mol. The predicted octanol–water partition coefficient (Wildman–Crippen LogP) is 3.35. The summed E-state index contributed by atoms with van der Waals surface area (Å²) in [4.78, 5) is 16.6. The Bertz CT molecular complexity index is 745. The molecule has 0 spiro atoms. The Morgan fingerprint density at radius 3 is 2.30 bits per heavy atom. The lowest BCUT2D eigenvalue weighted by Crippen LogP contribution is -2.32. The maximum Gasteiger partial charge on any atom is 0.251 e. The fourth-order valence-corrected chi connectivity index (χ4v) is 3.00. The summed E-state index contributed by atoms with van der Waals surface area (Å²) in [5, 5.41) is 15.9. The van der Waals surface area contributed by atoms with Crippen LogP contribution in [-0.2, 0) is 0 Å². The second kappa shape index (κ2) is 7.17. The van der Waals surface area contributed by atoms with Gasteiger partial charge in [-0.2, -0.15) is 0 Å². The van der Waals surface area contributed by atoms with Gasteiger partial charge in [0.25, 0.3) is 5.91 Å². The first-order valence-electron chi connectivity index (χ1n) is 7.24. The topological polar surface area (TPSA) is 62.2 Å². The number of hydrogen-bond donors (Lipinski definition) is 2. The van der Waals surface area contributed by atoms with E-state index < -0.39 is 12.1 Å². The summed E-state index contributed by atoms with van der Waals surface area (Å²) in [5.74, 6) is -0.227. The number of hydrogen-bond acceptors (Lipinski definition) is 4. The van der Waals surface area contributed by atoms with Gasteiger partial charge in [0.2, 0.25) is 0 Å². The third-order valence-corrected chi connectivity index (χ3v) is 4.35. The van der Waals surface area contributed by atoms with E-state index in [0.717, 1.165) is 5.56 Å². The standard InChI is InChI=1S/C18H16N2O2S/c21-16(18-19-11-12-23-18)15(13-7-3-1-4-8-13)20-17(22)14-9-5-2-6-10-14/h1-12,15-16,21H,(H,20,22)/t15-,16+/m0/s1. The summed E-state index contributed by atoms with van der Waals surface area (Å²) in [6.07, 6.45) is 0.745. The molecule has 1 aromatic heterocycles. The number of nitrogens with one attached hydrogen (secondary N) is 1. The number of carbonyl (C=O) groups is 1. The van der Waals surface area contributed by atoms with Gasteiger partial charge in [-0.25, -0.2) is 4.98 Å². The quantitative estimate of drug-likeness (QED) is 0.756. The van der Waals surface area contributed by atoms with Crippen LogP contribution in [0.1, 0.15) is 33.1 Å². The lowest BCUT2D eigenvalue weighted by molar-refractivity contribution is 0.0831. The molecular weight excluding hydrogens is 308 g/mol. The highest BCUT2D eigenvalue weighted by Gasteiger charge is 2.26. The molecule has 2 N–H and O–H groups in total. The molecule has 0 saturated heterocycles. The predicted molar refractivity (Wildman–Crippen MR) is 90.2 cm³/mol. The van der Waals surface area contributed by atoms with Crippen molar-refractivity contribution < 1.29 is 9.90 Å². The molecule has 1 heterocycles. The minimum Gasteiger partial charge on any atom is -0.383 e. The molecular formula is C18H16N2O2S. The van der Waals surface area contributed by atoms with Crippen LogP contribution >= 0.6 is 11.3 Å². The molecule has 3 aromatic rings. The van der Waals surface area contributed by atoms with Gasteiger partial charge in [0.05, 0.1) is 6.04 Å². The fourth-order valence-electron chi connectivity index (χ4n) is 2.34. The minimum atomic E-state index is -0.898. The van der Waals surface area contributed by atoms with Crippen LogP contribution in [-0.4, -0.2) is 16.0 Å². The van der Waals surface area contributed by atoms with Crippen molar-refractivity contribution in [3.8, 4) is 0 Å². The third kappa shape index (κ3) is 3.64. The molecule has 0 aliphatic rings. The molecule has 0 bridgehead atoms. The Morgan fingerprint density at radius 1 is 1.04 bits per heavy atom. The lowest BCUT2D eigenvalue weighted by Gasteiger charge is -2.23. The molecule has 0 saturated carbocycles. The number of amides is 1. The van der Waals surface area contributed by atoms with Gasteiger partial charge in [-0.3, -0.25) is 4.79 Å². The average Bonchev–Trinajstić information content (AvgIpc) is 3.15. The smallest absolute Gasteiger partial charge is 0.251 e. The Kier molecular flexibility index (Phi) is 4.80. The van der Waals surface area contributed by atoms with Crippen molar-refractivity contribution in [2.24, 2.45) is 0 Å². The van der Waals surface area contributed by atoms with Gasteiger partial charge in [-0.15, -0.1) is 11.3 Å². The number of rotatable bonds is 5. The Morgan fingerprint density at radius 2 is 1.70 bits per heavy atom. The average molecular weight is 324 g/mol. The molecule has 2 atom stereocenters. The van der Waals surface area contributed by atoms with E-state index in [1.54, 1.807) is 23.7 Å². The van der Waals surface area contributed by atoms with Crippen molar-refractivity contribution in [3.05, 3.63) is 88.4 Å². The van der Waals surface area contributed by atoms with Crippen LogP contribution in [0, 0.1) is 0 Å². The van der Waals surface area contributed by atoms with Crippen LogP contribution in [0.5, 0.6) is 0 Å². The Hall–Kier alpha value is -2.50. The van der Waals surface area contributed by atoms with Gasteiger partial charge >= 0.3 is 0 Å². The molecule has 2 aromatic carbocycles. The molecule has 116 valence electrons. The first-order valence-corrected chi connectivity index (χ1v) is 8.12. The molecule has 0 aliphatic carbocycles. The van der Waals surface area contributed by atoms with E-state index >= 15 is 0 Å². The summed E-state index contributed by atoms with van der Waals surface area (Å²) in [6, 6.07) is 17.8. The minimum absolute atomic E-state index is 0.227. The molecule has 4 nitrogen and oxygen atoms in total. The van der Waals surface area contributed by atoms with Crippen LogP contribution in [0.4, 0.5) is 0 Å². The van der Waals surface area contributed by atoms with Crippen LogP contribution in [0.15, 0.2) is 72.2 Å². The van der Waals surface area contributed by atoms with Crippen LogP contribution in [0.25, 0.3) is 0 Å². The molecule has 3 rings (SSSR count). The number of benzene rings is 2. The van der Waals surface area contributed by atoms with E-state index in [-0.39, 0.29) is 5.91 Å². The van der Waals surface area contributed by atoms with Crippen molar-refractivity contribution in [1.29, 1.82) is 0 Å². The van der Waals surface area contributed by atoms with Crippen molar-refractivity contribution in [2.45, 2.75) is 12.1 Å². The molecule has 0 fully saturated rings. The molecule has 0 aliphatic heterocycles. The lowest BCUT2D eigenvalue weighted by atomic mass is 10.0. The van der Waals surface area contributed by atoms with E-state index in [4.69, 9.17) is 0 Å². The van der Waals surface area contributed by atoms with E-state index in [1.165, 1.54) is 11.3 Å². The number of thiazole rings is 1. The number of aliphatic hydroxyl groups excluding tert-OH is 1. The summed E-state index contributed by atoms with van der Waals surface area (Å²) in [5.41, 5.74) is 1.39. The molecule has 0 radical (unpaired) electrons. The van der Waals surface area contributed by atoms with E-state index in [1.807, 2.05) is 48.5 Å². The summed E-state index contributed by atoms with van der Waals surface area (Å²) >= 11 is 1.36. The van der Waals surface area contributed by atoms with Gasteiger partial charge < -0.3 is 10.4 Å². The van der Waals surface area contributed by atoms with Crippen molar-refractivity contribution >= 4 is 17.2 Å². The fraction of sp³-hybridized carbons (Fsp3) is 0.111. The Labute approximate surface area is 138 Å². The molecule has 1 amide bonds. The number of carbonyl (C=O) groups excluding carboxylic acids is 1. The van der Waals surface area contributed by atoms with E-state index in [9.17, 15) is 9.90 Å². The molecule has 23 heavy (non-hydrogen) atoms. The highest BCUT2D eigenvalue weighted by molar-refractivity contribution is 7.09. The van der Waals surface area contributed by atoms with E-state index in [0.29, 0.717) is 10.6 Å². The van der Waals surface area contributed by atoms with Crippen molar-refractivity contribution in [2.75, 3.05) is 0 Å². The normalized spacial score (nSPS) is 13.3. The zero-order valence-corrected chi connectivity index (χ0v) is 13.1. The van der Waals surface area contributed by atoms with Gasteiger partial charge in [-0.1, -0.05) is 48.5 Å². The highest BCUT2D eigenvalue weighted by atomic mass is 32.1. The molecule has 0 unspecified atom stereocenters. The first kappa shape index (κ1) is 15.4. The zero-order chi connectivity index (χ0) is 16.1. The van der Waals surface area contributed by atoms with Crippen LogP contribution in [0.3, 0.4) is 0 Å². The number of aromatic nitrogens is 1. The number of nitrogens with zero attached hydrogens (tertiary/aromatic N) is 1. The van der Waals surface area contributed by atoms with Crippen LogP contribution in [0.2, 0.25) is 0 Å². The number of aliphatic hydroxyl groups is 1. The zero-order valence-electron chi connectivity index (χ0n) is 12.3. The molecule has 5 heteroatoms. The maximum absolute atomic E-state index is 12.5. The second-order valence-electron chi connectivity index (χ2n) is 5.04. The Balaban J connectivity index is 1.88. The van der Waals surface area contributed by atoms with Gasteiger partial charge in [0.1, 0.15) is 11.1 Å². The summed E-state index contributed by atoms with van der Waals surface area (Å²) in [6.45, 7) is 0. The summed E-state index contributed by atoms with van der Waals surface area (Å²) < 4.78 is 0. The first-order chi connectivity index (χ1) is 11.3. The SMILES string of the molecule is O=C(N[C@@H](c1ccccc1)[C@@H](O)c1nccs1)c1ccccc1. The van der Waals surface area contributed by atoms with Crippen LogP contribution < -0.4 is 5.32 Å². The second-order valence-corrected chi connectivity index (χ2v) is 5.97. The van der Waals surface area contributed by atoms with Gasteiger partial charge in [-0.05, 0) is 17.7 Å².